The summed E-state index contributed by atoms with van der Waals surface area (Å²) in [5.41, 5.74) is 0.104. The fourth-order valence-electron chi connectivity index (χ4n) is 5.16. The van der Waals surface area contributed by atoms with Crippen molar-refractivity contribution in [1.82, 2.24) is 15.0 Å². The number of carbonyl (C=O) groups is 2. The molecular weight excluding hydrogens is 620 g/mol. The number of nitrogens with one attached hydrogen (secondary N) is 3. The van der Waals surface area contributed by atoms with E-state index in [-0.39, 0.29) is 34.2 Å². The van der Waals surface area contributed by atoms with Gasteiger partial charge in [-0.2, -0.15) is 0 Å². The van der Waals surface area contributed by atoms with Crippen LogP contribution in [-0.2, 0) is 19.5 Å². The lowest BCUT2D eigenvalue weighted by Gasteiger charge is -2.28. The molecule has 0 spiro atoms. The van der Waals surface area contributed by atoms with Crippen molar-refractivity contribution in [2.75, 3.05) is 5.32 Å². The Hall–Kier alpha value is -3.55. The maximum atomic E-state index is 14.2. The second-order valence-electron chi connectivity index (χ2n) is 12.5. The van der Waals surface area contributed by atoms with Gasteiger partial charge in [-0.15, -0.1) is 11.3 Å². The molecule has 3 N–H and O–H groups in total. The number of halogens is 1. The minimum absolute atomic E-state index is 0.0239. The zero-order valence-corrected chi connectivity index (χ0v) is 28.0. The van der Waals surface area contributed by atoms with E-state index in [0.717, 1.165) is 30.7 Å². The van der Waals surface area contributed by atoms with E-state index in [1.54, 1.807) is 72.0 Å². The Morgan fingerprint density at radius 1 is 1.00 bits per heavy atom. The van der Waals surface area contributed by atoms with Crippen LogP contribution in [0.1, 0.15) is 89.8 Å². The number of anilines is 1. The third kappa shape index (κ3) is 9.47. The number of hydrogen-bond donors (Lipinski definition) is 3. The number of nitrogens with zero attached hydrogens (tertiary/aromatic N) is 1. The molecule has 1 aliphatic carbocycles. The van der Waals surface area contributed by atoms with E-state index in [0.29, 0.717) is 10.4 Å². The van der Waals surface area contributed by atoms with Crippen LogP contribution in [0.25, 0.3) is 10.4 Å². The number of thiazole rings is 1. The number of alkyl carbamates (subject to hydrolysis) is 1. The van der Waals surface area contributed by atoms with E-state index >= 15 is 0 Å². The average molecular weight is 661 g/mol. The summed E-state index contributed by atoms with van der Waals surface area (Å²) in [4.78, 5) is 30.0. The molecule has 1 fully saturated rings. The van der Waals surface area contributed by atoms with Gasteiger partial charge in [0.05, 0.1) is 20.9 Å². The summed E-state index contributed by atoms with van der Waals surface area (Å²) in [5, 5.41) is 6.40. The first-order valence-electron chi connectivity index (χ1n) is 14.9. The quantitative estimate of drug-likeness (QED) is 0.216. The molecule has 3 aromatic rings. The molecule has 10 nitrogen and oxygen atoms in total. The summed E-state index contributed by atoms with van der Waals surface area (Å²) in [6.07, 6.45) is 2.58. The van der Waals surface area contributed by atoms with Crippen LogP contribution in [0, 0.1) is 5.82 Å². The van der Waals surface area contributed by atoms with Crippen LogP contribution >= 0.6 is 11.3 Å². The molecule has 0 bridgehead atoms. The van der Waals surface area contributed by atoms with Gasteiger partial charge < -0.3 is 14.8 Å². The topological polar surface area (TPSA) is 136 Å². The fourth-order valence-corrected chi connectivity index (χ4v) is 8.02. The van der Waals surface area contributed by atoms with Gasteiger partial charge in [0.2, 0.25) is 10.0 Å². The number of carbonyl (C=O) groups excluding carboxylic acids is 2. The highest BCUT2D eigenvalue weighted by Crippen LogP contribution is 2.40. The van der Waals surface area contributed by atoms with Crippen molar-refractivity contribution in [2.24, 2.45) is 0 Å². The van der Waals surface area contributed by atoms with Gasteiger partial charge in [0.15, 0.2) is 0 Å². The van der Waals surface area contributed by atoms with E-state index in [9.17, 15) is 22.4 Å². The summed E-state index contributed by atoms with van der Waals surface area (Å²) in [7, 11) is -4.03. The summed E-state index contributed by atoms with van der Waals surface area (Å²) in [6.45, 7) is 10.4. The van der Waals surface area contributed by atoms with Gasteiger partial charge in [-0.1, -0.05) is 24.3 Å². The van der Waals surface area contributed by atoms with E-state index in [1.807, 2.05) is 0 Å². The van der Waals surface area contributed by atoms with Crippen molar-refractivity contribution in [1.29, 1.82) is 0 Å². The van der Waals surface area contributed by atoms with Crippen LogP contribution in [-0.4, -0.2) is 43.3 Å². The highest BCUT2D eigenvalue weighted by molar-refractivity contribution is 7.89. The standard InChI is InChI=1S/C32H41FN4O6S2/c1-19(2)42-30(38)35-22-13-11-21(12-14-22)29-34-18-27(44-29)25-16-15-23(17-28(25)45(40,41)37-32(4,5)6)36-31(39)43-20(3)24-9-7-8-10-26(24)33/h7-10,15-22,37H,11-14H2,1-6H3,(H,35,38)(H,36,39)/t20-,21?,22?/m0/s1. The van der Waals surface area contributed by atoms with Gasteiger partial charge in [0, 0.05) is 40.5 Å². The molecule has 0 aliphatic heterocycles. The molecule has 13 heteroatoms. The van der Waals surface area contributed by atoms with E-state index in [2.05, 4.69) is 20.3 Å². The third-order valence-corrected chi connectivity index (χ3v) is 10.1. The SMILES string of the molecule is CC(C)OC(=O)NC1CCC(c2ncc(-c3ccc(NC(=O)O[C@@H](C)c4ccccc4F)cc3S(=O)(=O)NC(C)(C)C)s2)CC1. The number of ether oxygens (including phenoxy) is 2. The molecule has 2 amide bonds. The van der Waals surface area contributed by atoms with Crippen molar-refractivity contribution >= 4 is 39.2 Å². The first-order valence-corrected chi connectivity index (χ1v) is 17.2. The molecule has 4 rings (SSSR count). The van der Waals surface area contributed by atoms with E-state index in [1.165, 1.54) is 29.5 Å². The predicted molar refractivity (Wildman–Crippen MR) is 172 cm³/mol. The highest BCUT2D eigenvalue weighted by atomic mass is 32.2. The number of sulfonamides is 1. The Bertz CT molecular complexity index is 1610. The van der Waals surface area contributed by atoms with Gasteiger partial charge in [-0.3, -0.25) is 5.32 Å². The molecule has 0 saturated heterocycles. The zero-order chi connectivity index (χ0) is 32.9. The molecule has 1 aromatic heterocycles. The van der Waals surface area contributed by atoms with Gasteiger partial charge >= 0.3 is 12.2 Å². The summed E-state index contributed by atoms with van der Waals surface area (Å²) < 4.78 is 54.7. The highest BCUT2D eigenvalue weighted by Gasteiger charge is 2.29. The fraction of sp³-hybridized carbons (Fsp3) is 0.469. The minimum Gasteiger partial charge on any atom is -0.447 e. The lowest BCUT2D eigenvalue weighted by Crippen LogP contribution is -2.40. The maximum absolute atomic E-state index is 14.2. The number of benzene rings is 2. The van der Waals surface area contributed by atoms with Crippen LogP contribution in [0.4, 0.5) is 19.7 Å². The van der Waals surface area contributed by atoms with Crippen molar-refractivity contribution in [3.8, 4) is 10.4 Å². The van der Waals surface area contributed by atoms with E-state index < -0.39 is 39.7 Å². The number of rotatable bonds is 9. The van der Waals surface area contributed by atoms with Crippen LogP contribution in [0.2, 0.25) is 0 Å². The van der Waals surface area contributed by atoms with Crippen LogP contribution in [0.15, 0.2) is 53.6 Å². The second kappa shape index (κ2) is 14.3. The number of hydrogen-bond acceptors (Lipinski definition) is 8. The van der Waals surface area contributed by atoms with Crippen LogP contribution in [0.3, 0.4) is 0 Å². The summed E-state index contributed by atoms with van der Waals surface area (Å²) >= 11 is 1.43. The van der Waals surface area contributed by atoms with Crippen molar-refractivity contribution in [2.45, 2.75) is 102 Å². The summed E-state index contributed by atoms with van der Waals surface area (Å²) in [6, 6.07) is 10.6. The predicted octanol–water partition coefficient (Wildman–Crippen LogP) is 7.50. The largest absolute Gasteiger partial charge is 0.447 e. The molecule has 1 saturated carbocycles. The van der Waals surface area contributed by atoms with Gasteiger partial charge in [0.1, 0.15) is 11.9 Å². The Balaban J connectivity index is 1.53. The van der Waals surface area contributed by atoms with Gasteiger partial charge in [-0.05, 0) is 85.4 Å². The average Bonchev–Trinajstić information content (AvgIpc) is 3.42. The lowest BCUT2D eigenvalue weighted by atomic mass is 9.86. The maximum Gasteiger partial charge on any atom is 0.412 e. The van der Waals surface area contributed by atoms with Crippen LogP contribution < -0.4 is 15.4 Å². The van der Waals surface area contributed by atoms with Gasteiger partial charge in [0.25, 0.3) is 0 Å². The first kappa shape index (κ1) is 34.3. The molecule has 1 atom stereocenters. The molecular formula is C32H41FN4O6S2. The molecule has 1 heterocycles. The van der Waals surface area contributed by atoms with Crippen molar-refractivity contribution < 1.29 is 31.9 Å². The normalized spacial score (nSPS) is 17.9. The zero-order valence-electron chi connectivity index (χ0n) is 26.3. The van der Waals surface area contributed by atoms with Crippen molar-refractivity contribution in [3.05, 3.63) is 65.0 Å². The lowest BCUT2D eigenvalue weighted by molar-refractivity contribution is 0.109. The first-order chi connectivity index (χ1) is 21.1. The molecule has 1 aliphatic rings. The van der Waals surface area contributed by atoms with E-state index in [4.69, 9.17) is 9.47 Å². The Kier molecular flexibility index (Phi) is 10.9. The smallest absolute Gasteiger partial charge is 0.412 e. The second-order valence-corrected chi connectivity index (χ2v) is 15.2. The summed E-state index contributed by atoms with van der Waals surface area (Å²) in [5.74, 6) is -0.313. The Morgan fingerprint density at radius 2 is 1.69 bits per heavy atom. The third-order valence-electron chi connectivity index (χ3n) is 7.12. The molecule has 45 heavy (non-hydrogen) atoms. The molecule has 0 radical (unpaired) electrons. The molecule has 244 valence electrons. The van der Waals surface area contributed by atoms with Gasteiger partial charge in [-0.25, -0.2) is 32.1 Å². The molecule has 0 unspecified atom stereocenters. The molecule has 2 aromatic carbocycles. The monoisotopic (exact) mass is 660 g/mol. The Morgan fingerprint density at radius 3 is 2.33 bits per heavy atom. The number of aromatic nitrogens is 1. The van der Waals surface area contributed by atoms with Crippen molar-refractivity contribution in [3.63, 3.8) is 0 Å². The Labute approximate surface area is 268 Å². The number of amides is 2. The minimum atomic E-state index is -4.03. The van der Waals surface area contributed by atoms with Crippen LogP contribution in [0.5, 0.6) is 0 Å².